The van der Waals surface area contributed by atoms with Crippen LogP contribution in [0.1, 0.15) is 46.5 Å². The fourth-order valence-corrected chi connectivity index (χ4v) is 3.33. The SMILES string of the molecule is C[C@@H](C[C@@H](O)c1ccccc1)NC(=O)c1ccc2c(c1)CCNCC2. The Morgan fingerprint density at radius 3 is 2.60 bits per heavy atom. The van der Waals surface area contributed by atoms with Gasteiger partial charge in [-0.15, -0.1) is 0 Å². The topological polar surface area (TPSA) is 61.4 Å². The molecule has 0 aliphatic carbocycles. The highest BCUT2D eigenvalue weighted by atomic mass is 16.3. The number of hydrogen-bond acceptors (Lipinski definition) is 3. The van der Waals surface area contributed by atoms with E-state index in [-0.39, 0.29) is 11.9 Å². The maximum absolute atomic E-state index is 12.5. The summed E-state index contributed by atoms with van der Waals surface area (Å²) in [6, 6.07) is 15.4. The van der Waals surface area contributed by atoms with Crippen LogP contribution in [-0.4, -0.2) is 30.1 Å². The number of carbonyl (C=O) groups is 1. The van der Waals surface area contributed by atoms with E-state index in [1.54, 1.807) is 0 Å². The van der Waals surface area contributed by atoms with Crippen molar-refractivity contribution >= 4 is 5.91 Å². The predicted octanol–water partition coefficient (Wildman–Crippen LogP) is 2.62. The molecule has 0 fully saturated rings. The van der Waals surface area contributed by atoms with Crippen molar-refractivity contribution in [1.82, 2.24) is 10.6 Å². The minimum Gasteiger partial charge on any atom is -0.388 e. The molecule has 0 saturated carbocycles. The largest absolute Gasteiger partial charge is 0.388 e. The fourth-order valence-electron chi connectivity index (χ4n) is 3.33. The van der Waals surface area contributed by atoms with Crippen molar-refractivity contribution in [3.05, 3.63) is 70.8 Å². The van der Waals surface area contributed by atoms with Gasteiger partial charge < -0.3 is 15.7 Å². The molecule has 25 heavy (non-hydrogen) atoms. The van der Waals surface area contributed by atoms with Crippen LogP contribution >= 0.6 is 0 Å². The summed E-state index contributed by atoms with van der Waals surface area (Å²) in [4.78, 5) is 12.5. The first kappa shape index (κ1) is 17.6. The number of fused-ring (bicyclic) bond motifs is 1. The van der Waals surface area contributed by atoms with Gasteiger partial charge in [-0.2, -0.15) is 0 Å². The fraction of sp³-hybridized carbons (Fsp3) is 0.381. The molecule has 0 spiro atoms. The van der Waals surface area contributed by atoms with E-state index < -0.39 is 6.10 Å². The van der Waals surface area contributed by atoms with Crippen LogP contribution < -0.4 is 10.6 Å². The Morgan fingerprint density at radius 1 is 1.12 bits per heavy atom. The van der Waals surface area contributed by atoms with Crippen LogP contribution in [0.3, 0.4) is 0 Å². The molecule has 1 aliphatic heterocycles. The molecule has 2 atom stereocenters. The Morgan fingerprint density at radius 2 is 1.84 bits per heavy atom. The molecule has 4 heteroatoms. The number of carbonyl (C=O) groups excluding carboxylic acids is 1. The summed E-state index contributed by atoms with van der Waals surface area (Å²) in [6.45, 7) is 3.88. The van der Waals surface area contributed by atoms with E-state index in [0.29, 0.717) is 12.0 Å². The minimum atomic E-state index is -0.574. The van der Waals surface area contributed by atoms with Crippen molar-refractivity contribution in [2.24, 2.45) is 0 Å². The molecule has 2 aromatic carbocycles. The monoisotopic (exact) mass is 338 g/mol. The van der Waals surface area contributed by atoms with Crippen molar-refractivity contribution in [3.63, 3.8) is 0 Å². The molecular formula is C21H26N2O2. The van der Waals surface area contributed by atoms with Crippen LogP contribution in [0.15, 0.2) is 48.5 Å². The summed E-state index contributed by atoms with van der Waals surface area (Å²) < 4.78 is 0. The molecule has 1 heterocycles. The lowest BCUT2D eigenvalue weighted by molar-refractivity contribution is 0.0917. The van der Waals surface area contributed by atoms with E-state index in [1.165, 1.54) is 11.1 Å². The Labute approximate surface area is 149 Å². The highest BCUT2D eigenvalue weighted by Gasteiger charge is 2.16. The number of aliphatic hydroxyl groups is 1. The number of aliphatic hydroxyl groups excluding tert-OH is 1. The second-order valence-electron chi connectivity index (χ2n) is 6.77. The average Bonchev–Trinajstić information content (AvgIpc) is 2.87. The van der Waals surface area contributed by atoms with Crippen LogP contribution in [0, 0.1) is 0 Å². The van der Waals surface area contributed by atoms with Crippen LogP contribution in [0.5, 0.6) is 0 Å². The molecule has 0 saturated heterocycles. The zero-order valence-electron chi connectivity index (χ0n) is 14.7. The predicted molar refractivity (Wildman–Crippen MR) is 99.7 cm³/mol. The van der Waals surface area contributed by atoms with Crippen molar-refractivity contribution in [2.75, 3.05) is 13.1 Å². The molecule has 3 N–H and O–H groups in total. The number of nitrogens with one attached hydrogen (secondary N) is 2. The van der Waals surface area contributed by atoms with E-state index >= 15 is 0 Å². The van der Waals surface area contributed by atoms with Crippen molar-refractivity contribution in [3.8, 4) is 0 Å². The molecule has 0 aromatic heterocycles. The Hall–Kier alpha value is -2.17. The summed E-state index contributed by atoms with van der Waals surface area (Å²) in [6.07, 6.45) is 1.88. The summed E-state index contributed by atoms with van der Waals surface area (Å²) in [7, 11) is 0. The standard InChI is InChI=1S/C21H26N2O2/c1-15(13-20(24)17-5-3-2-4-6-17)23-21(25)19-8-7-16-9-11-22-12-10-18(16)14-19/h2-8,14-15,20,22,24H,9-13H2,1H3,(H,23,25)/t15-,20+/m0/s1. The van der Waals surface area contributed by atoms with Gasteiger partial charge in [0.25, 0.3) is 5.91 Å². The highest BCUT2D eigenvalue weighted by Crippen LogP contribution is 2.19. The first-order valence-corrected chi connectivity index (χ1v) is 9.00. The molecule has 0 radical (unpaired) electrons. The minimum absolute atomic E-state index is 0.0761. The third-order valence-electron chi connectivity index (χ3n) is 4.75. The second kappa shape index (κ2) is 8.28. The highest BCUT2D eigenvalue weighted by molar-refractivity contribution is 5.94. The van der Waals surface area contributed by atoms with Gasteiger partial charge in [-0.1, -0.05) is 36.4 Å². The van der Waals surface area contributed by atoms with Crippen LogP contribution in [-0.2, 0) is 12.8 Å². The molecule has 2 aromatic rings. The van der Waals surface area contributed by atoms with Gasteiger partial charge in [0.2, 0.25) is 0 Å². The van der Waals surface area contributed by atoms with Gasteiger partial charge in [0.15, 0.2) is 0 Å². The first-order valence-electron chi connectivity index (χ1n) is 9.00. The lowest BCUT2D eigenvalue weighted by Gasteiger charge is -2.18. The normalized spacial score (nSPS) is 16.4. The third-order valence-corrected chi connectivity index (χ3v) is 4.75. The quantitative estimate of drug-likeness (QED) is 0.785. The summed E-state index contributed by atoms with van der Waals surface area (Å²) >= 11 is 0. The summed E-state index contributed by atoms with van der Waals surface area (Å²) in [5.74, 6) is -0.0761. The maximum atomic E-state index is 12.5. The zero-order chi connectivity index (χ0) is 17.6. The van der Waals surface area contributed by atoms with Gasteiger partial charge in [0, 0.05) is 11.6 Å². The van der Waals surface area contributed by atoms with E-state index in [1.807, 2.05) is 49.4 Å². The van der Waals surface area contributed by atoms with Gasteiger partial charge in [-0.3, -0.25) is 4.79 Å². The van der Waals surface area contributed by atoms with E-state index in [4.69, 9.17) is 0 Å². The van der Waals surface area contributed by atoms with Crippen molar-refractivity contribution in [2.45, 2.75) is 38.3 Å². The van der Waals surface area contributed by atoms with Gasteiger partial charge in [0.1, 0.15) is 0 Å². The Kier molecular flexibility index (Phi) is 5.84. The maximum Gasteiger partial charge on any atom is 0.251 e. The number of amides is 1. The van der Waals surface area contributed by atoms with E-state index in [0.717, 1.165) is 31.5 Å². The molecular weight excluding hydrogens is 312 g/mol. The molecule has 1 aliphatic rings. The van der Waals surface area contributed by atoms with E-state index in [9.17, 15) is 9.90 Å². The molecule has 0 bridgehead atoms. The van der Waals surface area contributed by atoms with Crippen molar-refractivity contribution < 1.29 is 9.90 Å². The Bertz CT molecular complexity index is 715. The molecule has 132 valence electrons. The van der Waals surface area contributed by atoms with Crippen molar-refractivity contribution in [1.29, 1.82) is 0 Å². The molecule has 4 nitrogen and oxygen atoms in total. The number of rotatable bonds is 5. The second-order valence-corrected chi connectivity index (χ2v) is 6.77. The lowest BCUT2D eigenvalue weighted by Crippen LogP contribution is -2.33. The average molecular weight is 338 g/mol. The smallest absolute Gasteiger partial charge is 0.251 e. The van der Waals surface area contributed by atoms with Gasteiger partial charge in [0.05, 0.1) is 6.10 Å². The van der Waals surface area contributed by atoms with Crippen LogP contribution in [0.4, 0.5) is 0 Å². The van der Waals surface area contributed by atoms with Crippen LogP contribution in [0.25, 0.3) is 0 Å². The molecule has 3 rings (SSSR count). The molecule has 0 unspecified atom stereocenters. The van der Waals surface area contributed by atoms with Crippen LogP contribution in [0.2, 0.25) is 0 Å². The van der Waals surface area contributed by atoms with Gasteiger partial charge in [-0.05, 0) is 68.1 Å². The van der Waals surface area contributed by atoms with Gasteiger partial charge >= 0.3 is 0 Å². The zero-order valence-corrected chi connectivity index (χ0v) is 14.7. The number of hydrogen-bond donors (Lipinski definition) is 3. The molecule has 1 amide bonds. The number of benzene rings is 2. The first-order chi connectivity index (χ1) is 12.1. The summed E-state index contributed by atoms with van der Waals surface area (Å²) in [5.41, 5.74) is 4.16. The third kappa shape index (κ3) is 4.68. The van der Waals surface area contributed by atoms with E-state index in [2.05, 4.69) is 16.7 Å². The van der Waals surface area contributed by atoms with Gasteiger partial charge in [-0.25, -0.2) is 0 Å². The lowest BCUT2D eigenvalue weighted by atomic mass is 9.99. The summed E-state index contributed by atoms with van der Waals surface area (Å²) in [5, 5.41) is 16.7. The Balaban J connectivity index is 1.61.